The summed E-state index contributed by atoms with van der Waals surface area (Å²) in [6.45, 7) is 1.41. The van der Waals surface area contributed by atoms with Crippen molar-refractivity contribution in [2.24, 2.45) is 0 Å². The lowest BCUT2D eigenvalue weighted by Gasteiger charge is -2.22. The number of fused-ring (bicyclic) bond motifs is 1. The molecule has 0 radical (unpaired) electrons. The summed E-state index contributed by atoms with van der Waals surface area (Å²) in [6.07, 6.45) is -2.49. The normalized spacial score (nSPS) is 16.4. The maximum Gasteiger partial charge on any atom is 0.416 e. The summed E-state index contributed by atoms with van der Waals surface area (Å²) in [5, 5.41) is 18.9. The highest BCUT2D eigenvalue weighted by atomic mass is 19.4. The monoisotopic (exact) mass is 474 g/mol. The van der Waals surface area contributed by atoms with E-state index >= 15 is 0 Å². The summed E-state index contributed by atoms with van der Waals surface area (Å²) in [4.78, 5) is 35.7. The molecule has 1 aromatic heterocycles. The minimum Gasteiger partial charge on any atom is -0.494 e. The van der Waals surface area contributed by atoms with E-state index in [1.54, 1.807) is 24.4 Å². The van der Waals surface area contributed by atoms with Crippen LogP contribution >= 0.6 is 0 Å². The van der Waals surface area contributed by atoms with Gasteiger partial charge in [-0.05, 0) is 48.7 Å². The molecule has 0 bridgehead atoms. The van der Waals surface area contributed by atoms with E-state index in [1.807, 2.05) is 0 Å². The molecule has 4 rings (SSSR count). The average Bonchev–Trinajstić information content (AvgIpc) is 3.08. The summed E-state index contributed by atoms with van der Waals surface area (Å²) >= 11 is 0. The number of benzene rings is 2. The predicted molar refractivity (Wildman–Crippen MR) is 117 cm³/mol. The van der Waals surface area contributed by atoms with Crippen LogP contribution in [0.2, 0.25) is 0 Å². The second-order valence-electron chi connectivity index (χ2n) is 8.08. The number of halogens is 3. The molecule has 2 heterocycles. The molecule has 1 fully saturated rings. The topological polar surface area (TPSA) is 112 Å². The van der Waals surface area contributed by atoms with E-state index in [0.717, 1.165) is 6.07 Å². The molecule has 178 valence electrons. The molecule has 0 saturated carbocycles. The van der Waals surface area contributed by atoms with Crippen molar-refractivity contribution >= 4 is 34.3 Å². The standard InChI is InChI=1S/C23H21F3N4O4/c1-12-2-4-15(9-17(12)23(24,25)26)28-22(34)27-10-13-3-5-16-14(8-13)11-30(21(16)33)18-6-7-19(31)29-20(18)32/h2-5,8-9,11,18,33H,6-7,10H2,1H3,(H2,27,28,34)(H,29,31,32). The molecule has 2 aromatic carbocycles. The summed E-state index contributed by atoms with van der Waals surface area (Å²) in [5.41, 5.74) is -0.0876. The van der Waals surface area contributed by atoms with Gasteiger partial charge in [-0.15, -0.1) is 0 Å². The van der Waals surface area contributed by atoms with Crippen molar-refractivity contribution in [2.75, 3.05) is 5.32 Å². The van der Waals surface area contributed by atoms with E-state index in [-0.39, 0.29) is 42.4 Å². The first-order chi connectivity index (χ1) is 16.0. The number of imide groups is 1. The molecular weight excluding hydrogens is 453 g/mol. The number of aryl methyl sites for hydroxylation is 1. The maximum absolute atomic E-state index is 13.1. The van der Waals surface area contributed by atoms with Crippen LogP contribution in [-0.4, -0.2) is 27.5 Å². The van der Waals surface area contributed by atoms with Gasteiger partial charge in [-0.25, -0.2) is 4.79 Å². The number of alkyl halides is 3. The van der Waals surface area contributed by atoms with Crippen LogP contribution in [0, 0.1) is 6.92 Å². The number of rotatable bonds is 4. The van der Waals surface area contributed by atoms with Crippen LogP contribution in [0.25, 0.3) is 10.8 Å². The Labute approximate surface area is 191 Å². The lowest BCUT2D eigenvalue weighted by Crippen LogP contribution is -2.41. The lowest BCUT2D eigenvalue weighted by molar-refractivity contribution is -0.138. The Kier molecular flexibility index (Phi) is 5.94. The number of aromatic hydroxyl groups is 1. The van der Waals surface area contributed by atoms with E-state index in [4.69, 9.17) is 0 Å². The highest BCUT2D eigenvalue weighted by Gasteiger charge is 2.32. The Bertz CT molecular complexity index is 1300. The molecule has 1 saturated heterocycles. The Morgan fingerprint density at radius 3 is 2.68 bits per heavy atom. The number of carbonyl (C=O) groups excluding carboxylic acids is 3. The van der Waals surface area contributed by atoms with Crippen LogP contribution in [0.4, 0.5) is 23.7 Å². The number of hydrogen-bond acceptors (Lipinski definition) is 4. The van der Waals surface area contributed by atoms with Gasteiger partial charge < -0.3 is 20.3 Å². The Hall–Kier alpha value is -4.02. The highest BCUT2D eigenvalue weighted by Crippen LogP contribution is 2.34. The van der Waals surface area contributed by atoms with Crippen molar-refractivity contribution in [3.05, 3.63) is 59.3 Å². The van der Waals surface area contributed by atoms with Crippen molar-refractivity contribution in [3.63, 3.8) is 0 Å². The van der Waals surface area contributed by atoms with Crippen LogP contribution in [0.3, 0.4) is 0 Å². The number of carbonyl (C=O) groups is 3. The summed E-state index contributed by atoms with van der Waals surface area (Å²) < 4.78 is 40.6. The van der Waals surface area contributed by atoms with Crippen molar-refractivity contribution in [2.45, 2.75) is 38.5 Å². The quantitative estimate of drug-likeness (QED) is 0.429. The molecule has 0 spiro atoms. The molecule has 3 aromatic rings. The Balaban J connectivity index is 1.44. The molecular formula is C23H21F3N4O4. The van der Waals surface area contributed by atoms with E-state index in [9.17, 15) is 32.7 Å². The predicted octanol–water partition coefficient (Wildman–Crippen LogP) is 3.97. The zero-order valence-corrected chi connectivity index (χ0v) is 18.0. The Morgan fingerprint density at radius 2 is 1.97 bits per heavy atom. The van der Waals surface area contributed by atoms with E-state index < -0.39 is 29.7 Å². The first kappa shape index (κ1) is 23.1. The molecule has 11 heteroatoms. The van der Waals surface area contributed by atoms with Gasteiger partial charge in [-0.1, -0.05) is 12.1 Å². The number of anilines is 1. The number of hydrogen-bond donors (Lipinski definition) is 4. The molecule has 34 heavy (non-hydrogen) atoms. The van der Waals surface area contributed by atoms with Crippen LogP contribution in [0.1, 0.15) is 35.6 Å². The zero-order chi connectivity index (χ0) is 24.6. The van der Waals surface area contributed by atoms with Gasteiger partial charge >= 0.3 is 12.2 Å². The number of aromatic nitrogens is 1. The van der Waals surface area contributed by atoms with Gasteiger partial charge in [-0.2, -0.15) is 13.2 Å². The molecule has 1 aliphatic heterocycles. The summed E-state index contributed by atoms with van der Waals surface area (Å²) in [5.74, 6) is -0.957. The Morgan fingerprint density at radius 1 is 1.21 bits per heavy atom. The van der Waals surface area contributed by atoms with Crippen LogP contribution in [-0.2, 0) is 22.3 Å². The fourth-order valence-electron chi connectivity index (χ4n) is 3.93. The fraction of sp³-hybridized carbons (Fsp3) is 0.261. The number of piperidine rings is 1. The van der Waals surface area contributed by atoms with Crippen LogP contribution < -0.4 is 16.0 Å². The summed E-state index contributed by atoms with van der Waals surface area (Å²) in [6, 6.07) is 7.17. The second-order valence-corrected chi connectivity index (χ2v) is 8.08. The van der Waals surface area contributed by atoms with Gasteiger partial charge in [0.2, 0.25) is 11.8 Å². The molecule has 4 N–H and O–H groups in total. The van der Waals surface area contributed by atoms with Crippen LogP contribution in [0.5, 0.6) is 5.88 Å². The van der Waals surface area contributed by atoms with Gasteiger partial charge in [0.1, 0.15) is 6.04 Å². The van der Waals surface area contributed by atoms with Gasteiger partial charge in [0, 0.05) is 35.6 Å². The van der Waals surface area contributed by atoms with E-state index in [0.29, 0.717) is 16.3 Å². The van der Waals surface area contributed by atoms with Crippen molar-refractivity contribution in [1.82, 2.24) is 15.2 Å². The van der Waals surface area contributed by atoms with Crippen molar-refractivity contribution in [1.29, 1.82) is 0 Å². The lowest BCUT2D eigenvalue weighted by atomic mass is 10.1. The number of nitrogens with one attached hydrogen (secondary N) is 3. The molecule has 4 amide bonds. The average molecular weight is 474 g/mol. The zero-order valence-electron chi connectivity index (χ0n) is 18.0. The van der Waals surface area contributed by atoms with Crippen molar-refractivity contribution in [3.8, 4) is 5.88 Å². The third-order valence-corrected chi connectivity index (χ3v) is 5.68. The molecule has 1 unspecified atom stereocenters. The largest absolute Gasteiger partial charge is 0.494 e. The van der Waals surface area contributed by atoms with Gasteiger partial charge in [0.25, 0.3) is 0 Å². The third kappa shape index (κ3) is 4.68. The molecule has 0 aliphatic carbocycles. The molecule has 1 atom stereocenters. The van der Waals surface area contributed by atoms with Gasteiger partial charge in [-0.3, -0.25) is 14.9 Å². The first-order valence-electron chi connectivity index (χ1n) is 10.4. The smallest absolute Gasteiger partial charge is 0.416 e. The number of urea groups is 1. The summed E-state index contributed by atoms with van der Waals surface area (Å²) in [7, 11) is 0. The number of nitrogens with zero attached hydrogens (tertiary/aromatic N) is 1. The second kappa shape index (κ2) is 8.73. The van der Waals surface area contributed by atoms with E-state index in [1.165, 1.54) is 23.6 Å². The van der Waals surface area contributed by atoms with Crippen LogP contribution in [0.15, 0.2) is 42.6 Å². The minimum atomic E-state index is -4.52. The van der Waals surface area contributed by atoms with Gasteiger partial charge in [0.05, 0.1) is 5.56 Å². The fourth-order valence-corrected chi connectivity index (χ4v) is 3.93. The molecule has 1 aliphatic rings. The highest BCUT2D eigenvalue weighted by molar-refractivity contribution is 6.00. The minimum absolute atomic E-state index is 0.0112. The molecule has 8 nitrogen and oxygen atoms in total. The third-order valence-electron chi connectivity index (χ3n) is 5.68. The number of amides is 4. The van der Waals surface area contributed by atoms with E-state index in [2.05, 4.69) is 16.0 Å². The SMILES string of the molecule is Cc1ccc(NC(=O)NCc2ccc3c(O)n(C4CCC(=O)NC4=O)cc3c2)cc1C(F)(F)F. The van der Waals surface area contributed by atoms with Crippen molar-refractivity contribution < 1.29 is 32.7 Å². The van der Waals surface area contributed by atoms with Gasteiger partial charge in [0.15, 0.2) is 5.88 Å². The first-order valence-corrected chi connectivity index (χ1v) is 10.4. The maximum atomic E-state index is 13.1.